The maximum absolute atomic E-state index is 12.7. The number of hydrogen-bond donors (Lipinski definition) is 1. The van der Waals surface area contributed by atoms with Gasteiger partial charge in [0.2, 0.25) is 0 Å². The molecule has 0 saturated heterocycles. The highest BCUT2D eigenvalue weighted by Crippen LogP contribution is 2.32. The molecule has 0 bridgehead atoms. The van der Waals surface area contributed by atoms with Crippen molar-refractivity contribution in [3.63, 3.8) is 0 Å². The first-order valence-corrected chi connectivity index (χ1v) is 9.10. The largest absolute Gasteiger partial charge is 0.443 e. The summed E-state index contributed by atoms with van der Waals surface area (Å²) in [5, 5.41) is 7.75. The summed E-state index contributed by atoms with van der Waals surface area (Å²) in [5.41, 5.74) is 5.26. The summed E-state index contributed by atoms with van der Waals surface area (Å²) in [5.74, 6) is 0.450. The zero-order chi connectivity index (χ0) is 18.5. The number of carbonyl (C=O) groups is 1. The minimum Gasteiger partial charge on any atom is -0.443 e. The third kappa shape index (κ3) is 2.75. The second kappa shape index (κ2) is 5.90. The second-order valence-corrected chi connectivity index (χ2v) is 7.23. The van der Waals surface area contributed by atoms with Gasteiger partial charge in [0.05, 0.1) is 11.9 Å². The monoisotopic (exact) mass is 361 g/mol. The molecule has 0 aliphatic heterocycles. The number of nitrogens with one attached hydrogen (secondary N) is 1. The van der Waals surface area contributed by atoms with Gasteiger partial charge in [-0.25, -0.2) is 14.5 Å². The Balaban J connectivity index is 1.57. The van der Waals surface area contributed by atoms with Crippen LogP contribution >= 0.6 is 0 Å². The number of imidazole rings is 1. The van der Waals surface area contributed by atoms with E-state index in [1.165, 1.54) is 19.2 Å². The molecule has 1 fully saturated rings. The first-order valence-electron chi connectivity index (χ1n) is 9.10. The van der Waals surface area contributed by atoms with Gasteiger partial charge in [0.25, 0.3) is 5.91 Å². The summed E-state index contributed by atoms with van der Waals surface area (Å²) >= 11 is 0. The maximum Gasteiger partial charge on any atom is 0.271 e. The van der Waals surface area contributed by atoms with Crippen LogP contribution in [0.15, 0.2) is 41.3 Å². The molecule has 1 aromatic carbocycles. The Morgan fingerprint density at radius 2 is 2.15 bits per heavy atom. The summed E-state index contributed by atoms with van der Waals surface area (Å²) in [6.07, 6.45) is 5.38. The van der Waals surface area contributed by atoms with Crippen LogP contribution in [0.5, 0.6) is 0 Å². The van der Waals surface area contributed by atoms with Crippen LogP contribution in [0.2, 0.25) is 0 Å². The molecule has 4 aromatic rings. The molecule has 3 heterocycles. The first-order chi connectivity index (χ1) is 13.1. The van der Waals surface area contributed by atoms with E-state index in [2.05, 4.69) is 27.3 Å². The average Bonchev–Trinajstić information content (AvgIpc) is 3.25. The van der Waals surface area contributed by atoms with E-state index in [9.17, 15) is 4.79 Å². The molecule has 1 amide bonds. The zero-order valence-electron chi connectivity index (χ0n) is 15.1. The predicted molar refractivity (Wildman–Crippen MR) is 100 cm³/mol. The van der Waals surface area contributed by atoms with Gasteiger partial charge in [-0.05, 0) is 62.4 Å². The van der Waals surface area contributed by atoms with Crippen LogP contribution in [-0.2, 0) is 0 Å². The summed E-state index contributed by atoms with van der Waals surface area (Å²) in [6, 6.07) is 7.88. The fraction of sp³-hybridized carbons (Fsp3) is 0.300. The number of fused-ring (bicyclic) bond motifs is 2. The number of benzene rings is 1. The van der Waals surface area contributed by atoms with E-state index in [0.29, 0.717) is 17.3 Å². The minimum atomic E-state index is -0.141. The zero-order valence-corrected chi connectivity index (χ0v) is 15.1. The van der Waals surface area contributed by atoms with Gasteiger partial charge in [-0.3, -0.25) is 4.79 Å². The Morgan fingerprint density at radius 3 is 2.96 bits per heavy atom. The van der Waals surface area contributed by atoms with Gasteiger partial charge in [-0.2, -0.15) is 5.10 Å². The lowest BCUT2D eigenvalue weighted by molar-refractivity contribution is 0.0928. The highest BCUT2D eigenvalue weighted by Gasteiger charge is 2.29. The lowest BCUT2D eigenvalue weighted by Gasteiger charge is -2.12. The van der Waals surface area contributed by atoms with Crippen LogP contribution in [0.25, 0.3) is 28.0 Å². The molecule has 0 radical (unpaired) electrons. The first kappa shape index (κ1) is 16.0. The number of rotatable bonds is 4. The third-order valence-electron chi connectivity index (χ3n) is 5.20. The number of carbonyl (C=O) groups excluding carboxylic acids is 1. The Bertz CT molecular complexity index is 1170. The van der Waals surface area contributed by atoms with Crippen molar-refractivity contribution in [1.82, 2.24) is 24.9 Å². The molecular weight excluding hydrogens is 342 g/mol. The van der Waals surface area contributed by atoms with Crippen molar-refractivity contribution in [3.05, 3.63) is 48.1 Å². The van der Waals surface area contributed by atoms with Crippen molar-refractivity contribution in [1.29, 1.82) is 0 Å². The second-order valence-electron chi connectivity index (χ2n) is 7.23. The molecule has 27 heavy (non-hydrogen) atoms. The summed E-state index contributed by atoms with van der Waals surface area (Å²) in [6.45, 7) is 4.02. The molecule has 3 aromatic heterocycles. The van der Waals surface area contributed by atoms with Crippen LogP contribution in [0.3, 0.4) is 0 Å². The molecule has 1 saturated carbocycles. The fourth-order valence-electron chi connectivity index (χ4n) is 3.43. The SMILES string of the molecule is Cc1cc(-c2ccc3ocnc3c2)nn2c(C(=O)N[C@@H](C)C3CC3)cnc12. The quantitative estimate of drug-likeness (QED) is 0.602. The van der Waals surface area contributed by atoms with Crippen LogP contribution in [-0.4, -0.2) is 31.5 Å². The number of aryl methyl sites for hydroxylation is 1. The van der Waals surface area contributed by atoms with Crippen molar-refractivity contribution in [2.75, 3.05) is 0 Å². The van der Waals surface area contributed by atoms with E-state index < -0.39 is 0 Å². The molecule has 136 valence electrons. The normalized spacial score (nSPS) is 15.3. The van der Waals surface area contributed by atoms with Crippen LogP contribution in [0, 0.1) is 12.8 Å². The molecule has 7 heteroatoms. The van der Waals surface area contributed by atoms with Gasteiger partial charge in [-0.15, -0.1) is 0 Å². The summed E-state index contributed by atoms with van der Waals surface area (Å²) in [7, 11) is 0. The van der Waals surface area contributed by atoms with Crippen molar-refractivity contribution in [3.8, 4) is 11.3 Å². The Kier molecular flexibility index (Phi) is 3.50. The molecule has 1 aliphatic carbocycles. The number of hydrogen-bond acceptors (Lipinski definition) is 5. The molecule has 7 nitrogen and oxygen atoms in total. The summed E-state index contributed by atoms with van der Waals surface area (Å²) in [4.78, 5) is 21.3. The standard InChI is InChI=1S/C20H19N5O2/c1-11-7-15(14-5-6-18-16(8-14)22-10-27-18)24-25-17(9-21-19(11)25)20(26)23-12(2)13-3-4-13/h5-10,12-13H,3-4H2,1-2H3,(H,23,26)/t12-/m0/s1. The minimum absolute atomic E-state index is 0.141. The van der Waals surface area contributed by atoms with Crippen LogP contribution < -0.4 is 5.32 Å². The average molecular weight is 361 g/mol. The lowest BCUT2D eigenvalue weighted by atomic mass is 10.1. The lowest BCUT2D eigenvalue weighted by Crippen LogP contribution is -2.34. The van der Waals surface area contributed by atoms with E-state index in [1.54, 1.807) is 10.7 Å². The van der Waals surface area contributed by atoms with Crippen LogP contribution in [0.1, 0.15) is 35.8 Å². The number of aromatic nitrogens is 4. The van der Waals surface area contributed by atoms with E-state index in [1.807, 2.05) is 31.2 Å². The van der Waals surface area contributed by atoms with E-state index in [4.69, 9.17) is 4.42 Å². The van der Waals surface area contributed by atoms with Gasteiger partial charge in [0, 0.05) is 11.6 Å². The predicted octanol–water partition coefficient (Wildman–Crippen LogP) is 3.37. The highest BCUT2D eigenvalue weighted by molar-refractivity contribution is 5.93. The van der Waals surface area contributed by atoms with Gasteiger partial charge < -0.3 is 9.73 Å². The Morgan fingerprint density at radius 1 is 1.30 bits per heavy atom. The Hall–Kier alpha value is -3.22. The van der Waals surface area contributed by atoms with Crippen molar-refractivity contribution >= 4 is 22.7 Å². The van der Waals surface area contributed by atoms with Crippen LogP contribution in [0.4, 0.5) is 0 Å². The summed E-state index contributed by atoms with van der Waals surface area (Å²) < 4.78 is 6.93. The number of oxazole rings is 1. The van der Waals surface area contributed by atoms with Gasteiger partial charge >= 0.3 is 0 Å². The van der Waals surface area contributed by atoms with Crippen molar-refractivity contribution in [2.45, 2.75) is 32.7 Å². The molecule has 1 N–H and O–H groups in total. The fourth-order valence-corrected chi connectivity index (χ4v) is 3.43. The van der Waals surface area contributed by atoms with E-state index in [-0.39, 0.29) is 11.9 Å². The Labute approximate surface area is 155 Å². The molecule has 0 unspecified atom stereocenters. The topological polar surface area (TPSA) is 85.3 Å². The number of amides is 1. The molecule has 5 rings (SSSR count). The third-order valence-corrected chi connectivity index (χ3v) is 5.20. The molecule has 0 spiro atoms. The van der Waals surface area contributed by atoms with Crippen molar-refractivity contribution < 1.29 is 9.21 Å². The van der Waals surface area contributed by atoms with Crippen molar-refractivity contribution in [2.24, 2.45) is 5.92 Å². The van der Waals surface area contributed by atoms with Gasteiger partial charge in [0.1, 0.15) is 5.52 Å². The molecular formula is C20H19N5O2. The highest BCUT2D eigenvalue weighted by atomic mass is 16.3. The van der Waals surface area contributed by atoms with E-state index >= 15 is 0 Å². The molecule has 1 atom stereocenters. The molecule has 1 aliphatic rings. The maximum atomic E-state index is 12.7. The smallest absolute Gasteiger partial charge is 0.271 e. The van der Waals surface area contributed by atoms with E-state index in [0.717, 1.165) is 27.9 Å². The number of nitrogens with zero attached hydrogens (tertiary/aromatic N) is 4. The van der Waals surface area contributed by atoms with Gasteiger partial charge in [-0.1, -0.05) is 0 Å². The van der Waals surface area contributed by atoms with Gasteiger partial charge in [0.15, 0.2) is 23.3 Å².